The first kappa shape index (κ1) is 15.6. The number of halogens is 1. The number of allylic oxidation sites excluding steroid dienone is 1. The zero-order chi connectivity index (χ0) is 16.0. The molecule has 1 aromatic rings. The van der Waals surface area contributed by atoms with Gasteiger partial charge in [0.15, 0.2) is 10.1 Å². The Balaban J connectivity index is 2.81. The number of thiazole rings is 1. The van der Waals surface area contributed by atoms with Crippen molar-refractivity contribution in [1.82, 2.24) is 4.98 Å². The van der Waals surface area contributed by atoms with E-state index in [1.54, 1.807) is 0 Å². The topological polar surface area (TPSA) is 125 Å². The number of aliphatic hydroxyl groups is 1. The smallest absolute Gasteiger partial charge is 0.328 e. The second kappa shape index (κ2) is 4.92. The third-order valence-electron chi connectivity index (χ3n) is 3.51. The number of aliphatic carboxylic acids is 2. The molecule has 3 atom stereocenters. The summed E-state index contributed by atoms with van der Waals surface area (Å²) in [5, 5.41) is 30.2. The fourth-order valence-corrected chi connectivity index (χ4v) is 3.55. The molecule has 9 heteroatoms. The van der Waals surface area contributed by atoms with Crippen molar-refractivity contribution in [1.29, 1.82) is 0 Å². The Labute approximate surface area is 131 Å². The molecule has 1 heterocycles. The first-order valence-electron chi connectivity index (χ1n) is 5.71. The highest BCUT2D eigenvalue weighted by atomic mass is 79.9. The summed E-state index contributed by atoms with van der Waals surface area (Å²) >= 11 is 3.72. The summed E-state index contributed by atoms with van der Waals surface area (Å²) in [4.78, 5) is 39.8. The zero-order valence-electron chi connectivity index (χ0n) is 10.6. The maximum atomic E-state index is 12.7. The van der Waals surface area contributed by atoms with E-state index in [0.29, 0.717) is 0 Å². The van der Waals surface area contributed by atoms with Crippen LogP contribution in [-0.4, -0.2) is 42.3 Å². The number of carbonyl (C=O) groups is 3. The lowest BCUT2D eigenvalue weighted by Gasteiger charge is -2.38. The lowest BCUT2D eigenvalue weighted by Crippen LogP contribution is -2.60. The Morgan fingerprint density at radius 1 is 1.38 bits per heavy atom. The fraction of sp³-hybridized carbons (Fsp3) is 0.333. The van der Waals surface area contributed by atoms with Crippen LogP contribution in [0.3, 0.4) is 0 Å². The molecule has 0 spiro atoms. The number of aliphatic hydroxyl groups excluding tert-OH is 1. The van der Waals surface area contributed by atoms with Gasteiger partial charge < -0.3 is 15.3 Å². The number of carbonyl (C=O) groups excluding carboxylic acids is 1. The van der Waals surface area contributed by atoms with Crippen LogP contribution in [0.5, 0.6) is 0 Å². The Morgan fingerprint density at radius 3 is 2.43 bits per heavy atom. The summed E-state index contributed by atoms with van der Waals surface area (Å²) in [5.41, 5.74) is -2.33. The van der Waals surface area contributed by atoms with Gasteiger partial charge in [-0.1, -0.05) is 22.9 Å². The molecule has 0 radical (unpaired) electrons. The quantitative estimate of drug-likeness (QED) is 0.537. The number of ketones is 1. The number of aromatic nitrogens is 1. The summed E-state index contributed by atoms with van der Waals surface area (Å²) < 4.78 is -2.24. The molecule has 0 aromatic carbocycles. The summed E-state index contributed by atoms with van der Waals surface area (Å²) in [5.74, 6) is -5.87. The van der Waals surface area contributed by atoms with Crippen molar-refractivity contribution in [3.63, 3.8) is 0 Å². The van der Waals surface area contributed by atoms with E-state index in [0.717, 1.165) is 17.4 Å². The monoisotopic (exact) mass is 375 g/mol. The second-order valence-corrected chi connectivity index (χ2v) is 6.73. The van der Waals surface area contributed by atoms with Crippen molar-refractivity contribution in [3.05, 3.63) is 28.4 Å². The molecule has 0 aliphatic heterocycles. The minimum atomic E-state index is -2.33. The molecule has 1 aliphatic carbocycles. The zero-order valence-corrected chi connectivity index (χ0v) is 13.0. The highest BCUT2D eigenvalue weighted by molar-refractivity contribution is 9.10. The summed E-state index contributed by atoms with van der Waals surface area (Å²) in [6.45, 7) is 1.32. The molecule has 1 aromatic heterocycles. The van der Waals surface area contributed by atoms with E-state index in [2.05, 4.69) is 20.9 Å². The molecule has 3 unspecified atom stereocenters. The molecule has 112 valence electrons. The average molecular weight is 376 g/mol. The van der Waals surface area contributed by atoms with Crippen molar-refractivity contribution in [3.8, 4) is 0 Å². The Morgan fingerprint density at radius 2 is 2.00 bits per heavy atom. The maximum Gasteiger partial charge on any atom is 0.328 e. The molecule has 3 N–H and O–H groups in total. The third-order valence-corrected chi connectivity index (χ3v) is 5.81. The van der Waals surface area contributed by atoms with Gasteiger partial charge in [-0.25, -0.2) is 4.98 Å². The van der Waals surface area contributed by atoms with E-state index in [1.807, 2.05) is 0 Å². The van der Waals surface area contributed by atoms with E-state index in [4.69, 9.17) is 0 Å². The van der Waals surface area contributed by atoms with Crippen molar-refractivity contribution in [2.45, 2.75) is 16.7 Å². The summed E-state index contributed by atoms with van der Waals surface area (Å²) in [6.07, 6.45) is 2.17. The average Bonchev–Trinajstić information content (AvgIpc) is 2.94. The lowest BCUT2D eigenvalue weighted by atomic mass is 9.68. The standard InChI is InChI=1S/C12H10BrNO6S/c1-5-6(15)4-11(9(17)18,8-14-2-3-21-8)7(16)12(5,13)10(19)20/h2-5,15H,1H3,(H,17,18)(H,19,20). The molecule has 21 heavy (non-hydrogen) atoms. The van der Waals surface area contributed by atoms with Gasteiger partial charge in [-0.15, -0.1) is 11.3 Å². The predicted molar refractivity (Wildman–Crippen MR) is 75.6 cm³/mol. The molecular weight excluding hydrogens is 366 g/mol. The van der Waals surface area contributed by atoms with Crippen molar-refractivity contribution >= 4 is 45.0 Å². The molecule has 0 saturated carbocycles. The highest BCUT2D eigenvalue weighted by Gasteiger charge is 2.65. The Kier molecular flexibility index (Phi) is 3.66. The van der Waals surface area contributed by atoms with Gasteiger partial charge in [-0.2, -0.15) is 0 Å². The van der Waals surface area contributed by atoms with Crippen LogP contribution < -0.4 is 0 Å². The number of nitrogens with zero attached hydrogens (tertiary/aromatic N) is 1. The normalized spacial score (nSPS) is 32.6. The van der Waals surface area contributed by atoms with Gasteiger partial charge >= 0.3 is 11.9 Å². The van der Waals surface area contributed by atoms with Gasteiger partial charge in [0.25, 0.3) is 0 Å². The predicted octanol–water partition coefficient (Wildman–Crippen LogP) is 1.34. The SMILES string of the molecule is CC1C(O)=CC(C(=O)O)(c2nccs2)C(=O)C1(Br)C(=O)O. The van der Waals surface area contributed by atoms with Crippen LogP contribution in [0.1, 0.15) is 11.9 Å². The van der Waals surface area contributed by atoms with Crippen LogP contribution >= 0.6 is 27.3 Å². The van der Waals surface area contributed by atoms with Crippen molar-refractivity contribution in [2.24, 2.45) is 5.92 Å². The number of Topliss-reactive ketones (excluding diaryl/α,β-unsaturated/α-hetero) is 1. The number of carboxylic acids is 2. The number of alkyl halides is 1. The Bertz CT molecular complexity index is 657. The molecular formula is C12H10BrNO6S. The van der Waals surface area contributed by atoms with Gasteiger partial charge in [0.1, 0.15) is 5.01 Å². The minimum Gasteiger partial charge on any atom is -0.512 e. The van der Waals surface area contributed by atoms with E-state index in [9.17, 15) is 29.7 Å². The first-order chi connectivity index (χ1) is 9.69. The number of carboxylic acid groups (broad SMARTS) is 2. The Hall–Kier alpha value is -1.74. The lowest BCUT2D eigenvalue weighted by molar-refractivity contribution is -0.153. The molecule has 0 bridgehead atoms. The van der Waals surface area contributed by atoms with E-state index in [-0.39, 0.29) is 5.01 Å². The van der Waals surface area contributed by atoms with Gasteiger partial charge in [0, 0.05) is 17.5 Å². The highest BCUT2D eigenvalue weighted by Crippen LogP contribution is 2.47. The molecule has 7 nitrogen and oxygen atoms in total. The minimum absolute atomic E-state index is 0.108. The van der Waals surface area contributed by atoms with Crippen LogP contribution in [-0.2, 0) is 19.8 Å². The first-order valence-corrected chi connectivity index (χ1v) is 7.38. The largest absolute Gasteiger partial charge is 0.512 e. The fourth-order valence-electron chi connectivity index (χ4n) is 2.21. The molecule has 0 saturated heterocycles. The van der Waals surface area contributed by atoms with Gasteiger partial charge in [0.05, 0.1) is 5.76 Å². The van der Waals surface area contributed by atoms with Crippen LogP contribution in [0.4, 0.5) is 0 Å². The molecule has 2 rings (SSSR count). The van der Waals surface area contributed by atoms with Crippen LogP contribution in [0.25, 0.3) is 0 Å². The van der Waals surface area contributed by atoms with Crippen molar-refractivity contribution < 1.29 is 29.7 Å². The van der Waals surface area contributed by atoms with E-state index >= 15 is 0 Å². The number of rotatable bonds is 3. The maximum absolute atomic E-state index is 12.7. The van der Waals surface area contributed by atoms with Crippen LogP contribution in [0, 0.1) is 5.92 Å². The second-order valence-electron chi connectivity index (χ2n) is 4.59. The van der Waals surface area contributed by atoms with Crippen LogP contribution in [0.2, 0.25) is 0 Å². The molecule has 0 amide bonds. The third kappa shape index (κ3) is 1.91. The number of hydrogen-bond acceptors (Lipinski definition) is 6. The number of hydrogen-bond donors (Lipinski definition) is 3. The van der Waals surface area contributed by atoms with E-state index in [1.165, 1.54) is 18.5 Å². The molecule has 0 fully saturated rings. The molecule has 1 aliphatic rings. The van der Waals surface area contributed by atoms with Crippen LogP contribution in [0.15, 0.2) is 23.4 Å². The van der Waals surface area contributed by atoms with Gasteiger partial charge in [0.2, 0.25) is 5.41 Å². The van der Waals surface area contributed by atoms with E-state index < -0.39 is 39.1 Å². The van der Waals surface area contributed by atoms with Gasteiger partial charge in [-0.3, -0.25) is 14.4 Å². The van der Waals surface area contributed by atoms with Crippen molar-refractivity contribution in [2.75, 3.05) is 0 Å². The summed E-state index contributed by atoms with van der Waals surface area (Å²) in [6, 6.07) is 0. The van der Waals surface area contributed by atoms with Gasteiger partial charge in [-0.05, 0) is 6.08 Å². The summed E-state index contributed by atoms with van der Waals surface area (Å²) in [7, 11) is 0.